The Morgan fingerprint density at radius 1 is 1.17 bits per heavy atom. The van der Waals surface area contributed by atoms with Gasteiger partial charge in [-0.05, 0) is 37.6 Å². The highest BCUT2D eigenvalue weighted by Gasteiger charge is 2.24. The van der Waals surface area contributed by atoms with Crippen molar-refractivity contribution in [1.29, 1.82) is 0 Å². The summed E-state index contributed by atoms with van der Waals surface area (Å²) in [5.74, 6) is -0.475. The number of rotatable bonds is 5. The lowest BCUT2D eigenvalue weighted by Crippen LogP contribution is -2.23. The molecule has 2 aromatic heterocycles. The molecule has 2 heterocycles. The van der Waals surface area contributed by atoms with Gasteiger partial charge in [0.25, 0.3) is 11.8 Å². The number of hydrogen-bond acceptors (Lipinski definition) is 5. The zero-order valence-electron chi connectivity index (χ0n) is 16.7. The minimum absolute atomic E-state index is 0.00256. The summed E-state index contributed by atoms with van der Waals surface area (Å²) in [5.41, 5.74) is 9.57. The first-order chi connectivity index (χ1) is 14.4. The molecular weight excluding hydrogens is 384 g/mol. The predicted molar refractivity (Wildman–Crippen MR) is 112 cm³/mol. The van der Waals surface area contributed by atoms with Gasteiger partial charge in [0.05, 0.1) is 23.8 Å². The summed E-state index contributed by atoms with van der Waals surface area (Å²) in [6.45, 7) is 3.89. The molecule has 0 saturated heterocycles. The van der Waals surface area contributed by atoms with E-state index in [1.165, 1.54) is 10.9 Å². The van der Waals surface area contributed by atoms with Gasteiger partial charge in [0.15, 0.2) is 5.69 Å². The number of hydrogen-bond donors (Lipinski definition) is 3. The second-order valence-corrected chi connectivity index (χ2v) is 6.89. The van der Waals surface area contributed by atoms with E-state index in [0.717, 1.165) is 16.8 Å². The zero-order chi connectivity index (χ0) is 21.4. The molecule has 30 heavy (non-hydrogen) atoms. The number of anilines is 1. The van der Waals surface area contributed by atoms with E-state index in [9.17, 15) is 9.59 Å². The summed E-state index contributed by atoms with van der Waals surface area (Å²) in [5, 5.41) is 2.64. The molecule has 4 aromatic rings. The monoisotopic (exact) mass is 404 g/mol. The normalized spacial score (nSPS) is 10.9. The second kappa shape index (κ2) is 7.36. The number of primary amides is 1. The number of nitrogens with zero attached hydrogens (tertiary/aromatic N) is 3. The Bertz CT molecular complexity index is 1290. The number of methoxy groups -OCH3 is 1. The van der Waals surface area contributed by atoms with Gasteiger partial charge < -0.3 is 15.5 Å². The molecule has 0 aliphatic rings. The maximum Gasteiger partial charge on any atom is 0.279 e. The molecule has 0 fully saturated rings. The fourth-order valence-electron chi connectivity index (χ4n) is 3.35. The van der Waals surface area contributed by atoms with E-state index in [1.54, 1.807) is 25.3 Å². The largest absolute Gasteiger partial charge is 0.497 e. The first-order valence-corrected chi connectivity index (χ1v) is 9.17. The van der Waals surface area contributed by atoms with Crippen LogP contribution in [0.2, 0.25) is 0 Å². The molecule has 9 nitrogen and oxygen atoms in total. The number of nitrogens with one attached hydrogen (secondary N) is 2. The lowest BCUT2D eigenvalue weighted by atomic mass is 10.1. The van der Waals surface area contributed by atoms with Crippen molar-refractivity contribution >= 4 is 28.8 Å². The minimum atomic E-state index is -0.757. The quantitative estimate of drug-likeness (QED) is 0.471. The Morgan fingerprint density at radius 2 is 1.97 bits per heavy atom. The van der Waals surface area contributed by atoms with E-state index < -0.39 is 11.8 Å². The van der Waals surface area contributed by atoms with Crippen LogP contribution in [-0.2, 0) is 0 Å². The maximum absolute atomic E-state index is 12.8. The molecule has 0 aliphatic heterocycles. The van der Waals surface area contributed by atoms with Crippen LogP contribution >= 0.6 is 0 Å². The second-order valence-electron chi connectivity index (χ2n) is 6.89. The molecule has 0 bridgehead atoms. The van der Waals surface area contributed by atoms with Crippen molar-refractivity contribution < 1.29 is 14.3 Å². The summed E-state index contributed by atoms with van der Waals surface area (Å²) in [7, 11) is 1.57. The Labute approximate surface area is 171 Å². The van der Waals surface area contributed by atoms with Crippen LogP contribution in [0.5, 0.6) is 5.75 Å². The van der Waals surface area contributed by atoms with Gasteiger partial charge in [-0.15, -0.1) is 0 Å². The number of amides is 2. The maximum atomic E-state index is 12.8. The molecule has 4 rings (SSSR count). The lowest BCUT2D eigenvalue weighted by molar-refractivity contribution is 0.0970. The minimum Gasteiger partial charge on any atom is -0.497 e. The summed E-state index contributed by atoms with van der Waals surface area (Å²) in [4.78, 5) is 36.5. The highest BCUT2D eigenvalue weighted by Crippen LogP contribution is 2.22. The van der Waals surface area contributed by atoms with Gasteiger partial charge in [-0.2, -0.15) is 0 Å². The molecule has 9 heteroatoms. The van der Waals surface area contributed by atoms with E-state index >= 15 is 0 Å². The van der Waals surface area contributed by atoms with Crippen molar-refractivity contribution in [3.8, 4) is 11.4 Å². The standard InChI is InChI=1S/C21H20N6O3/c1-11-4-7-16(12(2)8-11)27-10-23-17(18(27)19(22)28)20(29)26-21-24-14-6-5-13(30-3)9-15(14)25-21/h4-10H,1-3H3,(H2,22,28)(H2,24,25,26,29). The van der Waals surface area contributed by atoms with E-state index in [2.05, 4.69) is 20.3 Å². The van der Waals surface area contributed by atoms with Crippen molar-refractivity contribution in [3.05, 3.63) is 65.2 Å². The van der Waals surface area contributed by atoms with Crippen molar-refractivity contribution in [2.75, 3.05) is 12.4 Å². The van der Waals surface area contributed by atoms with Crippen LogP contribution in [-0.4, -0.2) is 38.4 Å². The highest BCUT2D eigenvalue weighted by atomic mass is 16.5. The molecule has 2 aromatic carbocycles. The van der Waals surface area contributed by atoms with Crippen molar-refractivity contribution in [3.63, 3.8) is 0 Å². The zero-order valence-corrected chi connectivity index (χ0v) is 16.7. The van der Waals surface area contributed by atoms with E-state index in [0.29, 0.717) is 16.8 Å². The molecule has 0 spiro atoms. The summed E-state index contributed by atoms with van der Waals surface area (Å²) in [6.07, 6.45) is 1.41. The van der Waals surface area contributed by atoms with Crippen molar-refractivity contribution in [2.24, 2.45) is 5.73 Å². The smallest absolute Gasteiger partial charge is 0.279 e. The number of aromatic nitrogens is 4. The fraction of sp³-hybridized carbons (Fsp3) is 0.143. The highest BCUT2D eigenvalue weighted by molar-refractivity contribution is 6.10. The van der Waals surface area contributed by atoms with E-state index in [1.807, 2.05) is 32.0 Å². The van der Waals surface area contributed by atoms with E-state index in [-0.39, 0.29) is 17.3 Å². The average Bonchev–Trinajstić information content (AvgIpc) is 3.31. The average molecular weight is 404 g/mol. The molecule has 0 radical (unpaired) electrons. The van der Waals surface area contributed by atoms with Gasteiger partial charge in [0, 0.05) is 6.07 Å². The predicted octanol–water partition coefficient (Wildman–Crippen LogP) is 2.73. The van der Waals surface area contributed by atoms with Gasteiger partial charge in [-0.25, -0.2) is 9.97 Å². The number of aromatic amines is 1. The van der Waals surface area contributed by atoms with Gasteiger partial charge in [-0.1, -0.05) is 17.7 Å². The van der Waals surface area contributed by atoms with Crippen molar-refractivity contribution in [1.82, 2.24) is 19.5 Å². The number of carbonyl (C=O) groups excluding carboxylic acids is 2. The molecule has 0 aliphatic carbocycles. The third-order valence-electron chi connectivity index (χ3n) is 4.75. The van der Waals surface area contributed by atoms with Crippen molar-refractivity contribution in [2.45, 2.75) is 13.8 Å². The SMILES string of the molecule is COc1ccc2nc(NC(=O)c3ncn(-c4ccc(C)cc4C)c3C(N)=O)[nH]c2c1. The first-order valence-electron chi connectivity index (χ1n) is 9.17. The number of carbonyl (C=O) groups is 2. The summed E-state index contributed by atoms with van der Waals surface area (Å²) >= 11 is 0. The van der Waals surface area contributed by atoms with Crippen LogP contribution in [0.25, 0.3) is 16.7 Å². The third kappa shape index (κ3) is 3.37. The number of benzene rings is 2. The van der Waals surface area contributed by atoms with Crippen LogP contribution in [0, 0.1) is 13.8 Å². The Kier molecular flexibility index (Phi) is 4.71. The Hall–Kier alpha value is -4.14. The number of imidazole rings is 2. The Morgan fingerprint density at radius 3 is 2.67 bits per heavy atom. The molecule has 2 amide bonds. The van der Waals surface area contributed by atoms with Gasteiger partial charge in [-0.3, -0.25) is 19.5 Å². The fourth-order valence-corrected chi connectivity index (χ4v) is 3.35. The molecule has 0 unspecified atom stereocenters. The van der Waals surface area contributed by atoms with Crippen LogP contribution in [0.1, 0.15) is 32.1 Å². The molecular formula is C21H20N6O3. The first kappa shape index (κ1) is 19.2. The molecule has 0 atom stereocenters. The van der Waals surface area contributed by atoms with Crippen LogP contribution in [0.15, 0.2) is 42.7 Å². The third-order valence-corrected chi connectivity index (χ3v) is 4.75. The topological polar surface area (TPSA) is 128 Å². The number of aryl methyl sites for hydroxylation is 2. The van der Waals surface area contributed by atoms with Crippen LogP contribution in [0.3, 0.4) is 0 Å². The van der Waals surface area contributed by atoms with Gasteiger partial charge >= 0.3 is 0 Å². The van der Waals surface area contributed by atoms with E-state index in [4.69, 9.17) is 10.5 Å². The number of ether oxygens (including phenoxy) is 1. The Balaban J connectivity index is 1.69. The number of H-pyrrole nitrogens is 1. The number of nitrogens with two attached hydrogens (primary N) is 1. The van der Waals surface area contributed by atoms with Gasteiger partial charge in [0.1, 0.15) is 17.8 Å². The van der Waals surface area contributed by atoms with Crippen LogP contribution in [0.4, 0.5) is 5.95 Å². The molecule has 4 N–H and O–H groups in total. The summed E-state index contributed by atoms with van der Waals surface area (Å²) in [6, 6.07) is 11.0. The lowest BCUT2D eigenvalue weighted by Gasteiger charge is -2.11. The molecule has 152 valence electrons. The van der Waals surface area contributed by atoms with Crippen LogP contribution < -0.4 is 15.8 Å². The summed E-state index contributed by atoms with van der Waals surface area (Å²) < 4.78 is 6.71. The molecule has 0 saturated carbocycles. The van der Waals surface area contributed by atoms with Gasteiger partial charge in [0.2, 0.25) is 5.95 Å². The number of fused-ring (bicyclic) bond motifs is 1.